The van der Waals surface area contributed by atoms with Crippen LogP contribution in [0, 0.1) is 10.4 Å². The van der Waals surface area contributed by atoms with Gasteiger partial charge in [-0.25, -0.2) is 9.98 Å². The third kappa shape index (κ3) is 5.11. The van der Waals surface area contributed by atoms with Gasteiger partial charge >= 0.3 is 0 Å². The van der Waals surface area contributed by atoms with Crippen molar-refractivity contribution in [3.63, 3.8) is 0 Å². The lowest BCUT2D eigenvalue weighted by molar-refractivity contribution is 1.36. The molecule has 0 atom stereocenters. The van der Waals surface area contributed by atoms with Gasteiger partial charge in [0.15, 0.2) is 0 Å². The highest BCUT2D eigenvalue weighted by Crippen LogP contribution is 2.60. The quantitative estimate of drug-likeness (QED) is 0.166. The molecule has 0 bridgehead atoms. The molecule has 2 aliphatic rings. The summed E-state index contributed by atoms with van der Waals surface area (Å²) >= 11 is 0. The van der Waals surface area contributed by atoms with Crippen LogP contribution in [-0.4, -0.2) is 0 Å². The van der Waals surface area contributed by atoms with Crippen LogP contribution in [0.5, 0.6) is 0 Å². The number of nitrogens with zero attached hydrogens (tertiary/aromatic N) is 2. The fourth-order valence-electron chi connectivity index (χ4n) is 10.4. The monoisotopic (exact) mass is 784 g/mol. The van der Waals surface area contributed by atoms with Crippen LogP contribution in [-0.2, 0) is 0 Å². The summed E-state index contributed by atoms with van der Waals surface area (Å²) in [4.78, 5) is 11.3. The molecule has 62 heavy (non-hydrogen) atoms. The molecule has 2 aliphatic heterocycles. The molecule has 0 spiro atoms. The number of benzene rings is 11. The van der Waals surface area contributed by atoms with Crippen molar-refractivity contribution in [1.29, 1.82) is 0 Å². The zero-order valence-electron chi connectivity index (χ0n) is 33.7. The van der Waals surface area contributed by atoms with E-state index in [0.29, 0.717) is 0 Å². The van der Waals surface area contributed by atoms with Crippen molar-refractivity contribution in [3.05, 3.63) is 240 Å². The van der Waals surface area contributed by atoms with Crippen molar-refractivity contribution >= 4 is 43.7 Å². The van der Waals surface area contributed by atoms with E-state index in [0.717, 1.165) is 71.5 Å². The minimum absolute atomic E-state index is 0.939. The van der Waals surface area contributed by atoms with Crippen molar-refractivity contribution in [1.82, 2.24) is 0 Å². The molecule has 11 aromatic carbocycles. The van der Waals surface area contributed by atoms with Gasteiger partial charge < -0.3 is 0 Å². The first-order valence-corrected chi connectivity index (χ1v) is 21.3. The number of hydrogen-bond donors (Lipinski definition) is 0. The first-order chi connectivity index (χ1) is 30.8. The van der Waals surface area contributed by atoms with E-state index in [9.17, 15) is 0 Å². The minimum Gasteiger partial charge on any atom is -0.247 e. The van der Waals surface area contributed by atoms with E-state index < -0.39 is 0 Å². The molecule has 2 heteroatoms. The van der Waals surface area contributed by atoms with Crippen molar-refractivity contribution in [3.8, 4) is 66.8 Å². The molecule has 0 aliphatic carbocycles. The minimum atomic E-state index is 0.939. The van der Waals surface area contributed by atoms with Gasteiger partial charge in [0.25, 0.3) is 0 Å². The van der Waals surface area contributed by atoms with E-state index in [4.69, 9.17) is 9.98 Å². The zero-order chi connectivity index (χ0) is 40.7. The Bertz CT molecular complexity index is 3910. The van der Waals surface area contributed by atoms with Crippen molar-refractivity contribution in [2.45, 2.75) is 0 Å². The van der Waals surface area contributed by atoms with E-state index in [1.54, 1.807) is 0 Å². The summed E-state index contributed by atoms with van der Waals surface area (Å²) in [5, 5.41) is 11.4. The summed E-state index contributed by atoms with van der Waals surface area (Å²) in [5.41, 5.74) is 15.8. The fraction of sp³-hybridized carbons (Fsp3) is 0. The number of hydrogen-bond acceptors (Lipinski definition) is 2. The molecule has 2 heterocycles. The Morgan fingerprint density at radius 1 is 0.226 bits per heavy atom. The van der Waals surface area contributed by atoms with E-state index in [1.165, 1.54) is 60.1 Å². The lowest BCUT2D eigenvalue weighted by Crippen LogP contribution is -2.03. The molecule has 286 valence electrons. The predicted molar refractivity (Wildman–Crippen MR) is 257 cm³/mol. The van der Waals surface area contributed by atoms with Crippen LogP contribution < -0.4 is 10.7 Å². The molecule has 13 rings (SSSR count). The Morgan fingerprint density at radius 3 is 1.32 bits per heavy atom. The molecular formula is C60H36N2. The molecule has 0 saturated carbocycles. The first-order valence-electron chi connectivity index (χ1n) is 21.3. The van der Waals surface area contributed by atoms with Crippen LogP contribution in [0.2, 0.25) is 0 Å². The second-order valence-electron chi connectivity index (χ2n) is 16.3. The maximum atomic E-state index is 5.83. The van der Waals surface area contributed by atoms with Gasteiger partial charge in [-0.1, -0.05) is 200 Å². The normalized spacial score (nSPS) is 12.1. The zero-order valence-corrected chi connectivity index (χ0v) is 33.7. The van der Waals surface area contributed by atoms with Gasteiger partial charge in [-0.05, 0) is 89.5 Å². The summed E-state index contributed by atoms with van der Waals surface area (Å²) in [6, 6.07) is 79.6. The second kappa shape index (κ2) is 13.7. The number of rotatable bonds is 5. The summed E-state index contributed by atoms with van der Waals surface area (Å²) in [6.45, 7) is 0. The van der Waals surface area contributed by atoms with E-state index in [1.807, 2.05) is 0 Å². The predicted octanol–water partition coefficient (Wildman–Crippen LogP) is 15.0. The van der Waals surface area contributed by atoms with Crippen LogP contribution in [0.15, 0.2) is 228 Å². The summed E-state index contributed by atoms with van der Waals surface area (Å²) in [5.74, 6) is 0. The third-order valence-corrected chi connectivity index (χ3v) is 13.0. The smallest absolute Gasteiger partial charge is 0.0817 e. The Balaban J connectivity index is 1.35. The standard InChI is InChI=1S/C60H36N2/c1-2-17-37(18-3-1)41-28-10-11-30-46(41)55-53(47-31-14-22-38-19-4-7-25-42(38)47)54(48-32-15-23-39-20-5-8-26-43(39)48)56(49-33-16-24-40-21-6-9-27-44(40)49)60-58(55)57-52(62-60)36-35-50-45-29-12-13-34-51(45)61-59(50)57/h1-36H. The number of para-hydroxylation sites is 1. The van der Waals surface area contributed by atoms with Crippen LogP contribution in [0.1, 0.15) is 0 Å². The Morgan fingerprint density at radius 2 is 0.677 bits per heavy atom. The second-order valence-corrected chi connectivity index (χ2v) is 16.3. The third-order valence-electron chi connectivity index (χ3n) is 13.0. The van der Waals surface area contributed by atoms with Crippen molar-refractivity contribution < 1.29 is 0 Å². The molecule has 0 fully saturated rings. The average molecular weight is 785 g/mol. The summed E-state index contributed by atoms with van der Waals surface area (Å²) in [6.07, 6.45) is 0. The van der Waals surface area contributed by atoms with Gasteiger partial charge in [-0.15, -0.1) is 0 Å². The highest BCUT2D eigenvalue weighted by Gasteiger charge is 2.35. The van der Waals surface area contributed by atoms with Crippen molar-refractivity contribution in [2.24, 2.45) is 9.98 Å². The molecule has 0 aromatic heterocycles. The van der Waals surface area contributed by atoms with Gasteiger partial charge in [0, 0.05) is 38.3 Å². The van der Waals surface area contributed by atoms with Crippen LogP contribution >= 0.6 is 0 Å². The van der Waals surface area contributed by atoms with Gasteiger partial charge in [-0.2, -0.15) is 0 Å². The van der Waals surface area contributed by atoms with Gasteiger partial charge in [0.05, 0.1) is 22.1 Å². The molecule has 0 unspecified atom stereocenters. The van der Waals surface area contributed by atoms with E-state index in [-0.39, 0.29) is 0 Å². The lowest BCUT2D eigenvalue weighted by atomic mass is 9.75. The maximum Gasteiger partial charge on any atom is 0.0817 e. The Kier molecular flexibility index (Phi) is 7.64. The van der Waals surface area contributed by atoms with Gasteiger partial charge in [0.1, 0.15) is 0 Å². The van der Waals surface area contributed by atoms with Crippen LogP contribution in [0.3, 0.4) is 0 Å². The summed E-state index contributed by atoms with van der Waals surface area (Å²) < 4.78 is 0. The largest absolute Gasteiger partial charge is 0.247 e. The molecule has 0 radical (unpaired) electrons. The van der Waals surface area contributed by atoms with E-state index >= 15 is 0 Å². The Hall–Kier alpha value is -8.20. The number of fused-ring (bicyclic) bond motifs is 9. The highest BCUT2D eigenvalue weighted by atomic mass is 14.8. The van der Waals surface area contributed by atoms with Crippen molar-refractivity contribution in [2.75, 3.05) is 0 Å². The Labute approximate surface area is 358 Å². The summed E-state index contributed by atoms with van der Waals surface area (Å²) in [7, 11) is 0. The molecule has 0 saturated heterocycles. The van der Waals surface area contributed by atoms with Crippen LogP contribution in [0.25, 0.3) is 99.1 Å². The topological polar surface area (TPSA) is 24.7 Å². The molecule has 2 nitrogen and oxygen atoms in total. The van der Waals surface area contributed by atoms with Gasteiger partial charge in [-0.3, -0.25) is 0 Å². The lowest BCUT2D eigenvalue weighted by Gasteiger charge is -2.28. The first kappa shape index (κ1) is 34.6. The molecule has 11 aromatic rings. The van der Waals surface area contributed by atoms with Crippen LogP contribution in [0.4, 0.5) is 11.4 Å². The molecular weight excluding hydrogens is 749 g/mol. The van der Waals surface area contributed by atoms with Gasteiger partial charge in [0.2, 0.25) is 0 Å². The fourth-order valence-corrected chi connectivity index (χ4v) is 10.4. The average Bonchev–Trinajstić information content (AvgIpc) is 3.92. The SMILES string of the molecule is c1ccc(-c2ccccc2-c2c3c(c(-c4cccc5ccccc45)c(-c4cccc5ccccc45)c2-c2cccc4ccccc24)N=c2ccc4c(c2-3)N=c2ccccc2=4)cc1. The highest BCUT2D eigenvalue weighted by molar-refractivity contribution is 6.22. The maximum absolute atomic E-state index is 5.83. The molecule has 0 N–H and O–H groups in total. The molecule has 0 amide bonds. The van der Waals surface area contributed by atoms with E-state index in [2.05, 4.69) is 218 Å².